The quantitative estimate of drug-likeness (QED) is 0.780. The van der Waals surface area contributed by atoms with Gasteiger partial charge in [0, 0.05) is 19.4 Å². The van der Waals surface area contributed by atoms with Crippen LogP contribution in [-0.4, -0.2) is 48.7 Å². The summed E-state index contributed by atoms with van der Waals surface area (Å²) in [6, 6.07) is 7.67. The van der Waals surface area contributed by atoms with E-state index in [9.17, 15) is 9.59 Å². The van der Waals surface area contributed by atoms with Gasteiger partial charge in [0.1, 0.15) is 11.9 Å². The van der Waals surface area contributed by atoms with Gasteiger partial charge >= 0.3 is 5.97 Å². The summed E-state index contributed by atoms with van der Waals surface area (Å²) in [7, 11) is 1.62. The van der Waals surface area contributed by atoms with Gasteiger partial charge in [-0.15, -0.1) is 0 Å². The maximum Gasteiger partial charge on any atom is 0.303 e. The summed E-state index contributed by atoms with van der Waals surface area (Å²) in [5.41, 5.74) is 0.993. The van der Waals surface area contributed by atoms with Crippen molar-refractivity contribution in [3.63, 3.8) is 0 Å². The van der Waals surface area contributed by atoms with Crippen LogP contribution in [-0.2, 0) is 14.3 Å². The fourth-order valence-electron chi connectivity index (χ4n) is 2.63. The summed E-state index contributed by atoms with van der Waals surface area (Å²) >= 11 is 0. The highest BCUT2D eigenvalue weighted by Gasteiger charge is 2.25. The molecule has 1 unspecified atom stereocenters. The van der Waals surface area contributed by atoms with Crippen LogP contribution in [0.25, 0.3) is 0 Å². The van der Waals surface area contributed by atoms with Crippen molar-refractivity contribution < 1.29 is 24.2 Å². The molecule has 1 saturated heterocycles. The van der Waals surface area contributed by atoms with Crippen LogP contribution < -0.4 is 4.74 Å². The number of unbranched alkanes of at least 4 members (excludes halogenated alkanes) is 1. The highest BCUT2D eigenvalue weighted by atomic mass is 16.5. The minimum atomic E-state index is -0.818. The number of benzene rings is 1. The summed E-state index contributed by atoms with van der Waals surface area (Å²) < 4.78 is 11.0. The minimum absolute atomic E-state index is 0.0617. The van der Waals surface area contributed by atoms with Crippen LogP contribution >= 0.6 is 0 Å². The number of amides is 1. The fraction of sp³-hybridized carbons (Fsp3) is 0.529. The van der Waals surface area contributed by atoms with Crippen LogP contribution in [0.15, 0.2) is 24.3 Å². The zero-order chi connectivity index (χ0) is 16.7. The average molecular weight is 321 g/mol. The first-order valence-corrected chi connectivity index (χ1v) is 7.85. The predicted octanol–water partition coefficient (Wildman–Crippen LogP) is 2.24. The van der Waals surface area contributed by atoms with Crippen LogP contribution in [0.2, 0.25) is 0 Å². The van der Waals surface area contributed by atoms with E-state index in [0.717, 1.165) is 11.3 Å². The molecule has 1 N–H and O–H groups in total. The molecule has 1 atom stereocenters. The second kappa shape index (κ2) is 8.53. The Labute approximate surface area is 136 Å². The van der Waals surface area contributed by atoms with Crippen LogP contribution in [0, 0.1) is 0 Å². The molecule has 6 nitrogen and oxygen atoms in total. The molecule has 1 fully saturated rings. The zero-order valence-electron chi connectivity index (χ0n) is 13.4. The highest BCUT2D eigenvalue weighted by molar-refractivity contribution is 5.76. The van der Waals surface area contributed by atoms with Crippen molar-refractivity contribution in [3.8, 4) is 5.75 Å². The van der Waals surface area contributed by atoms with Gasteiger partial charge in [-0.3, -0.25) is 9.59 Å². The summed E-state index contributed by atoms with van der Waals surface area (Å²) in [6.07, 6.45) is 1.49. The maximum atomic E-state index is 12.2. The monoisotopic (exact) mass is 321 g/mol. The highest BCUT2D eigenvalue weighted by Crippen LogP contribution is 2.25. The topological polar surface area (TPSA) is 76.1 Å². The lowest BCUT2D eigenvalue weighted by molar-refractivity contribution is -0.140. The van der Waals surface area contributed by atoms with Gasteiger partial charge in [0.2, 0.25) is 5.91 Å². The normalized spacial score (nSPS) is 17.8. The number of carboxylic acids is 1. The molecule has 1 aromatic rings. The van der Waals surface area contributed by atoms with Crippen molar-refractivity contribution >= 4 is 11.9 Å². The van der Waals surface area contributed by atoms with Gasteiger partial charge < -0.3 is 19.5 Å². The van der Waals surface area contributed by atoms with E-state index in [0.29, 0.717) is 39.0 Å². The van der Waals surface area contributed by atoms with Crippen molar-refractivity contribution in [2.24, 2.45) is 0 Å². The first-order valence-electron chi connectivity index (χ1n) is 7.85. The molecule has 1 aliphatic rings. The van der Waals surface area contributed by atoms with E-state index in [1.165, 1.54) is 0 Å². The molecule has 6 heteroatoms. The van der Waals surface area contributed by atoms with E-state index in [-0.39, 0.29) is 18.4 Å². The molecular weight excluding hydrogens is 298 g/mol. The average Bonchev–Trinajstić information content (AvgIpc) is 2.58. The lowest BCUT2D eigenvalue weighted by atomic mass is 10.1. The summed E-state index contributed by atoms with van der Waals surface area (Å²) in [6.45, 7) is 1.60. The number of ether oxygens (including phenoxy) is 2. The fourth-order valence-corrected chi connectivity index (χ4v) is 2.63. The second-order valence-electron chi connectivity index (χ2n) is 5.58. The molecule has 2 rings (SSSR count). The molecule has 0 spiro atoms. The van der Waals surface area contributed by atoms with Crippen molar-refractivity contribution in [3.05, 3.63) is 29.8 Å². The van der Waals surface area contributed by atoms with Gasteiger partial charge in [0.25, 0.3) is 0 Å². The standard InChI is InChI=1S/C17H23NO5/c1-22-14-6-4-5-13(11-14)15-12-18(9-10-23-15)16(19)7-2-3-8-17(20)21/h4-6,11,15H,2-3,7-10,12H2,1H3,(H,20,21). The Morgan fingerprint density at radius 1 is 1.35 bits per heavy atom. The Morgan fingerprint density at radius 2 is 2.13 bits per heavy atom. The maximum absolute atomic E-state index is 12.2. The molecule has 1 heterocycles. The van der Waals surface area contributed by atoms with E-state index in [2.05, 4.69) is 0 Å². The van der Waals surface area contributed by atoms with Gasteiger partial charge in [-0.05, 0) is 30.5 Å². The minimum Gasteiger partial charge on any atom is -0.497 e. The molecule has 1 amide bonds. The third-order valence-corrected chi connectivity index (χ3v) is 3.92. The lowest BCUT2D eigenvalue weighted by Gasteiger charge is -2.33. The number of hydrogen-bond donors (Lipinski definition) is 1. The largest absolute Gasteiger partial charge is 0.497 e. The van der Waals surface area contributed by atoms with Crippen LogP contribution in [0.3, 0.4) is 0 Å². The Morgan fingerprint density at radius 3 is 2.87 bits per heavy atom. The van der Waals surface area contributed by atoms with E-state index in [4.69, 9.17) is 14.6 Å². The Balaban J connectivity index is 1.87. The van der Waals surface area contributed by atoms with E-state index in [1.807, 2.05) is 24.3 Å². The predicted molar refractivity (Wildman–Crippen MR) is 84.4 cm³/mol. The SMILES string of the molecule is COc1cccc(C2CN(C(=O)CCCCC(=O)O)CCO2)c1. The van der Waals surface area contributed by atoms with Crippen molar-refractivity contribution in [1.82, 2.24) is 4.90 Å². The van der Waals surface area contributed by atoms with Gasteiger partial charge in [0.15, 0.2) is 0 Å². The number of aliphatic carboxylic acids is 1. The molecular formula is C17H23NO5. The second-order valence-corrected chi connectivity index (χ2v) is 5.58. The number of carbonyl (C=O) groups is 2. The number of nitrogens with zero attached hydrogens (tertiary/aromatic N) is 1. The van der Waals surface area contributed by atoms with E-state index < -0.39 is 5.97 Å². The number of morpholine rings is 1. The molecule has 0 saturated carbocycles. The lowest BCUT2D eigenvalue weighted by Crippen LogP contribution is -2.42. The first kappa shape index (κ1) is 17.3. The summed E-state index contributed by atoms with van der Waals surface area (Å²) in [5.74, 6) is 0.0108. The first-order chi connectivity index (χ1) is 11.1. The van der Waals surface area contributed by atoms with E-state index >= 15 is 0 Å². The van der Waals surface area contributed by atoms with Gasteiger partial charge in [-0.1, -0.05) is 12.1 Å². The van der Waals surface area contributed by atoms with Crippen LogP contribution in [0.4, 0.5) is 0 Å². The molecule has 0 bridgehead atoms. The number of rotatable bonds is 7. The molecule has 0 aliphatic carbocycles. The Hall–Kier alpha value is -2.08. The molecule has 0 aromatic heterocycles. The number of carbonyl (C=O) groups excluding carboxylic acids is 1. The Bertz CT molecular complexity index is 546. The van der Waals surface area contributed by atoms with Crippen molar-refractivity contribution in [2.45, 2.75) is 31.8 Å². The van der Waals surface area contributed by atoms with Crippen LogP contribution in [0.5, 0.6) is 5.75 Å². The van der Waals surface area contributed by atoms with E-state index in [1.54, 1.807) is 12.0 Å². The number of methoxy groups -OCH3 is 1. The van der Waals surface area contributed by atoms with Crippen molar-refractivity contribution in [1.29, 1.82) is 0 Å². The van der Waals surface area contributed by atoms with Gasteiger partial charge in [-0.2, -0.15) is 0 Å². The van der Waals surface area contributed by atoms with Gasteiger partial charge in [0.05, 0.1) is 20.3 Å². The van der Waals surface area contributed by atoms with Crippen molar-refractivity contribution in [2.75, 3.05) is 26.8 Å². The zero-order valence-corrected chi connectivity index (χ0v) is 13.4. The Kier molecular flexibility index (Phi) is 6.40. The summed E-state index contributed by atoms with van der Waals surface area (Å²) in [4.78, 5) is 24.5. The third kappa shape index (κ3) is 5.25. The molecule has 1 aliphatic heterocycles. The molecule has 1 aromatic carbocycles. The summed E-state index contributed by atoms with van der Waals surface area (Å²) in [5, 5.41) is 8.61. The van der Waals surface area contributed by atoms with Crippen LogP contribution in [0.1, 0.15) is 37.4 Å². The number of carboxylic acid groups (broad SMARTS) is 1. The van der Waals surface area contributed by atoms with Gasteiger partial charge in [-0.25, -0.2) is 0 Å². The molecule has 0 radical (unpaired) electrons. The molecule has 126 valence electrons. The molecule has 23 heavy (non-hydrogen) atoms. The smallest absolute Gasteiger partial charge is 0.303 e. The third-order valence-electron chi connectivity index (χ3n) is 3.92. The number of hydrogen-bond acceptors (Lipinski definition) is 4.